The van der Waals surface area contributed by atoms with Crippen LogP contribution in [-0.4, -0.2) is 10.1 Å². The van der Waals surface area contributed by atoms with E-state index in [2.05, 4.69) is 4.98 Å². The molecule has 2 aliphatic heterocycles. The number of hydrogen-bond donors (Lipinski definition) is 1. The molecule has 0 saturated heterocycles. The van der Waals surface area contributed by atoms with Gasteiger partial charge in [0.25, 0.3) is 5.88 Å². The lowest BCUT2D eigenvalue weighted by Gasteiger charge is -2.13. The zero-order valence-corrected chi connectivity index (χ0v) is 10.7. The van der Waals surface area contributed by atoms with Crippen molar-refractivity contribution in [2.24, 2.45) is 0 Å². The molecule has 0 spiro atoms. The second-order valence-electron chi connectivity index (χ2n) is 3.71. The number of fused-ring (bicyclic) bond motifs is 3. The van der Waals surface area contributed by atoms with Gasteiger partial charge in [-0.3, -0.25) is 0 Å². The highest BCUT2D eigenvalue weighted by Crippen LogP contribution is 2.70. The summed E-state index contributed by atoms with van der Waals surface area (Å²) in [6.07, 6.45) is 0. The number of aromatic hydroxyl groups is 1. The highest BCUT2D eigenvalue weighted by molar-refractivity contribution is 7.50. The molecule has 2 aliphatic rings. The Morgan fingerprint density at radius 3 is 2.61 bits per heavy atom. The minimum absolute atomic E-state index is 0.000664. The van der Waals surface area contributed by atoms with Crippen LogP contribution in [0.1, 0.15) is 0 Å². The average Bonchev–Trinajstić information content (AvgIpc) is 2.78. The molecule has 1 aromatic heterocycles. The van der Waals surface area contributed by atoms with Crippen LogP contribution in [0.3, 0.4) is 0 Å². The van der Waals surface area contributed by atoms with Gasteiger partial charge < -0.3 is 18.7 Å². The van der Waals surface area contributed by atoms with Crippen molar-refractivity contribution >= 4 is 41.9 Å². The van der Waals surface area contributed by atoms with Crippen LogP contribution in [-0.2, 0) is 4.57 Å². The van der Waals surface area contributed by atoms with Crippen molar-refractivity contribution in [3.8, 4) is 23.1 Å². The van der Waals surface area contributed by atoms with E-state index in [1.807, 2.05) is 0 Å². The van der Waals surface area contributed by atoms with Crippen LogP contribution in [0.25, 0.3) is 10.9 Å². The molecule has 0 radical (unpaired) electrons. The molecule has 1 aromatic carbocycles. The molecule has 2 aromatic rings. The molecule has 18 heavy (non-hydrogen) atoms. The van der Waals surface area contributed by atoms with Gasteiger partial charge in [0, 0.05) is 0 Å². The van der Waals surface area contributed by atoms with Crippen molar-refractivity contribution in [2.75, 3.05) is 0 Å². The third-order valence-corrected chi connectivity index (χ3v) is 4.42. The van der Waals surface area contributed by atoms with E-state index >= 15 is 0 Å². The summed E-state index contributed by atoms with van der Waals surface area (Å²) in [5, 5.41) is 10.4. The number of phenolic OH excluding ortho intramolecular Hbond substituents is 1. The van der Waals surface area contributed by atoms with E-state index in [-0.39, 0.29) is 38.7 Å². The van der Waals surface area contributed by atoms with Crippen LogP contribution in [0.5, 0.6) is 23.1 Å². The summed E-state index contributed by atoms with van der Waals surface area (Å²) in [6.45, 7) is 0. The normalized spacial score (nSPS) is 22.8. The maximum atomic E-state index is 11.8. The van der Waals surface area contributed by atoms with Crippen LogP contribution >= 0.6 is 31.0 Å². The van der Waals surface area contributed by atoms with Gasteiger partial charge in [-0.25, -0.2) is 4.98 Å². The number of benzene rings is 1. The van der Waals surface area contributed by atoms with Gasteiger partial charge in [-0.05, 0) is 6.07 Å². The van der Waals surface area contributed by atoms with Gasteiger partial charge in [0.2, 0.25) is 5.75 Å². The largest absolute Gasteiger partial charge is 0.648 e. The molecule has 6 nitrogen and oxygen atoms in total. The molecule has 3 heterocycles. The van der Waals surface area contributed by atoms with Crippen molar-refractivity contribution in [2.45, 2.75) is 0 Å². The molecule has 4 rings (SSSR count). The first kappa shape index (κ1) is 10.6. The quantitative estimate of drug-likeness (QED) is 0.750. The molecule has 1 atom stereocenters. The van der Waals surface area contributed by atoms with Gasteiger partial charge >= 0.3 is 7.82 Å². The Hall–Kier alpha value is -1.36. The maximum absolute atomic E-state index is 11.8. The molecule has 92 valence electrons. The Bertz CT molecular complexity index is 793. The third-order valence-electron chi connectivity index (χ3n) is 2.62. The molecular weight excluding hydrogens is 304 g/mol. The predicted molar refractivity (Wildman–Crippen MR) is 62.9 cm³/mol. The van der Waals surface area contributed by atoms with E-state index in [9.17, 15) is 9.67 Å². The first-order chi connectivity index (χ1) is 8.48. The van der Waals surface area contributed by atoms with Gasteiger partial charge in [-0.15, -0.1) is 0 Å². The number of hydrogen-bond acceptors (Lipinski definition) is 6. The number of pyridine rings is 1. The number of phosphoric acid groups is 1. The topological polar surface area (TPSA) is 77.9 Å². The van der Waals surface area contributed by atoms with Gasteiger partial charge in [-0.1, -0.05) is 23.2 Å². The second-order valence-corrected chi connectivity index (χ2v) is 5.97. The Morgan fingerprint density at radius 2 is 1.89 bits per heavy atom. The summed E-state index contributed by atoms with van der Waals surface area (Å²) in [7, 11) is -3.63. The Balaban J connectivity index is 2.23. The monoisotopic (exact) mass is 305 g/mol. The van der Waals surface area contributed by atoms with Crippen LogP contribution in [0.15, 0.2) is 6.07 Å². The first-order valence-electron chi connectivity index (χ1n) is 4.72. The number of rotatable bonds is 0. The lowest BCUT2D eigenvalue weighted by Crippen LogP contribution is -2.00. The zero-order chi connectivity index (χ0) is 12.7. The lowest BCUT2D eigenvalue weighted by molar-refractivity contribution is 0.351. The summed E-state index contributed by atoms with van der Waals surface area (Å²) < 4.78 is 26.8. The minimum atomic E-state index is -3.63. The summed E-state index contributed by atoms with van der Waals surface area (Å²) in [6, 6.07) is 1.34. The van der Waals surface area contributed by atoms with E-state index in [0.29, 0.717) is 5.39 Å². The summed E-state index contributed by atoms with van der Waals surface area (Å²) >= 11 is 11.8. The van der Waals surface area contributed by atoms with Crippen molar-refractivity contribution < 1.29 is 23.2 Å². The van der Waals surface area contributed by atoms with Crippen molar-refractivity contribution in [1.82, 2.24) is 4.98 Å². The molecule has 0 aliphatic carbocycles. The summed E-state index contributed by atoms with van der Waals surface area (Å²) in [4.78, 5) is 4.00. The molecule has 9 heteroatoms. The minimum Gasteiger partial charge on any atom is -0.504 e. The average molecular weight is 306 g/mol. The van der Waals surface area contributed by atoms with Gasteiger partial charge in [-0.2, -0.15) is 4.57 Å². The number of halogens is 2. The number of phenols is 1. The SMILES string of the molecule is O=P12Oc3nc4c(O)c(Cl)cc(Cl)c4c(c3O1)O2. The van der Waals surface area contributed by atoms with Crippen molar-refractivity contribution in [3.05, 3.63) is 16.1 Å². The Morgan fingerprint density at radius 1 is 1.17 bits per heavy atom. The molecular formula is C9H2Cl2NO5P. The molecule has 1 unspecified atom stereocenters. The molecule has 1 N–H and O–H groups in total. The standard InChI is InChI=1S/C9H2Cl2NO5P/c10-2-1-3(11)6(13)5-4(2)7-8-9(12-5)17-18(14,15-7)16-8/h1,13H. The summed E-state index contributed by atoms with van der Waals surface area (Å²) in [5.41, 5.74) is 0.109. The van der Waals surface area contributed by atoms with Crippen molar-refractivity contribution in [3.63, 3.8) is 0 Å². The van der Waals surface area contributed by atoms with E-state index in [0.717, 1.165) is 0 Å². The second kappa shape index (κ2) is 2.96. The molecule has 0 fully saturated rings. The van der Waals surface area contributed by atoms with Gasteiger partial charge in [0.1, 0.15) is 5.52 Å². The number of phosphoric ester groups is 1. The van der Waals surface area contributed by atoms with E-state index in [1.165, 1.54) is 6.07 Å². The van der Waals surface area contributed by atoms with E-state index in [4.69, 9.17) is 36.8 Å². The number of nitrogens with zero attached hydrogens (tertiary/aromatic N) is 1. The smallest absolute Gasteiger partial charge is 0.504 e. The fourth-order valence-corrected chi connectivity index (χ4v) is 3.67. The Labute approximate surface area is 110 Å². The van der Waals surface area contributed by atoms with Crippen LogP contribution in [0, 0.1) is 0 Å². The van der Waals surface area contributed by atoms with Crippen LogP contribution < -0.4 is 13.6 Å². The fraction of sp³-hybridized carbons (Fsp3) is 0. The zero-order valence-electron chi connectivity index (χ0n) is 8.31. The van der Waals surface area contributed by atoms with Crippen molar-refractivity contribution in [1.29, 1.82) is 0 Å². The first-order valence-corrected chi connectivity index (χ1v) is 6.94. The highest BCUT2D eigenvalue weighted by atomic mass is 35.5. The number of aromatic nitrogens is 1. The van der Waals surface area contributed by atoms with Gasteiger partial charge in [0.15, 0.2) is 11.5 Å². The molecule has 2 bridgehead atoms. The lowest BCUT2D eigenvalue weighted by atomic mass is 10.1. The maximum Gasteiger partial charge on any atom is 0.648 e. The molecule has 0 amide bonds. The third kappa shape index (κ3) is 1.11. The van der Waals surface area contributed by atoms with Crippen LogP contribution in [0.2, 0.25) is 10.0 Å². The fourth-order valence-electron chi connectivity index (χ4n) is 1.90. The Kier molecular flexibility index (Phi) is 1.74. The van der Waals surface area contributed by atoms with Crippen LogP contribution in [0.4, 0.5) is 0 Å². The molecule has 0 saturated carbocycles. The summed E-state index contributed by atoms with van der Waals surface area (Å²) in [5.74, 6) is 0.0349. The van der Waals surface area contributed by atoms with E-state index < -0.39 is 7.82 Å². The van der Waals surface area contributed by atoms with Gasteiger partial charge in [0.05, 0.1) is 15.4 Å². The van der Waals surface area contributed by atoms with E-state index in [1.54, 1.807) is 0 Å². The predicted octanol–water partition coefficient (Wildman–Crippen LogP) is 3.52. The highest BCUT2D eigenvalue weighted by Gasteiger charge is 2.52.